The molecule has 1 N–H and O–H groups in total. The van der Waals surface area contributed by atoms with Crippen molar-refractivity contribution in [1.82, 2.24) is 5.32 Å². The number of hydrogen-bond donors (Lipinski definition) is 1. The van der Waals surface area contributed by atoms with E-state index in [1.807, 2.05) is 0 Å². The van der Waals surface area contributed by atoms with Crippen LogP contribution < -0.4 is 10.1 Å². The van der Waals surface area contributed by atoms with Crippen LogP contribution in [0.5, 0.6) is 5.75 Å². The second-order valence-corrected chi connectivity index (χ2v) is 5.95. The predicted molar refractivity (Wildman–Crippen MR) is 79.7 cm³/mol. The highest BCUT2D eigenvalue weighted by Gasteiger charge is 2.24. The molecule has 1 aliphatic rings. The molecule has 0 atom stereocenters. The van der Waals surface area contributed by atoms with Crippen molar-refractivity contribution in [2.75, 3.05) is 20.2 Å². The van der Waals surface area contributed by atoms with Crippen molar-refractivity contribution >= 4 is 15.9 Å². The van der Waals surface area contributed by atoms with Gasteiger partial charge in [-0.1, -0.05) is 15.9 Å². The summed E-state index contributed by atoms with van der Waals surface area (Å²) in [5.41, 5.74) is 5.32. The quantitative estimate of drug-likeness (QED) is 0.895. The van der Waals surface area contributed by atoms with Gasteiger partial charge in [0.1, 0.15) is 5.75 Å². The molecule has 2 rings (SSSR count). The van der Waals surface area contributed by atoms with E-state index in [0.717, 1.165) is 18.8 Å². The molecule has 0 aliphatic carbocycles. The van der Waals surface area contributed by atoms with E-state index >= 15 is 0 Å². The number of halogens is 1. The van der Waals surface area contributed by atoms with Crippen molar-refractivity contribution in [3.8, 4) is 5.75 Å². The van der Waals surface area contributed by atoms with Gasteiger partial charge in [-0.2, -0.15) is 0 Å². The molecule has 3 heteroatoms. The minimum absolute atomic E-state index is 0.622. The van der Waals surface area contributed by atoms with Crippen molar-refractivity contribution in [3.63, 3.8) is 0 Å². The van der Waals surface area contributed by atoms with Crippen LogP contribution in [-0.2, 0) is 0 Å². The lowest BCUT2D eigenvalue weighted by Gasteiger charge is -2.28. The third kappa shape index (κ3) is 2.30. The first kappa shape index (κ1) is 13.9. The normalized spacial score (nSPS) is 16.9. The van der Waals surface area contributed by atoms with E-state index < -0.39 is 0 Å². The second-order valence-electron chi connectivity index (χ2n) is 5.16. The summed E-state index contributed by atoms with van der Waals surface area (Å²) in [7, 11) is 1.79. The zero-order chi connectivity index (χ0) is 13.3. The van der Waals surface area contributed by atoms with Gasteiger partial charge in [-0.25, -0.2) is 0 Å². The van der Waals surface area contributed by atoms with Crippen LogP contribution in [-0.4, -0.2) is 20.2 Å². The fourth-order valence-corrected chi connectivity index (χ4v) is 3.48. The molecule has 1 aromatic rings. The first-order valence-corrected chi connectivity index (χ1v) is 7.41. The fraction of sp³-hybridized carbons (Fsp3) is 0.600. The summed E-state index contributed by atoms with van der Waals surface area (Å²) >= 11 is 3.74. The zero-order valence-electron chi connectivity index (χ0n) is 11.7. The fourth-order valence-electron chi connectivity index (χ4n) is 2.97. The summed E-state index contributed by atoms with van der Waals surface area (Å²) in [4.78, 5) is 0. The van der Waals surface area contributed by atoms with Crippen LogP contribution in [0, 0.1) is 20.8 Å². The third-order valence-corrected chi connectivity index (χ3v) is 5.35. The Morgan fingerprint density at radius 2 is 1.67 bits per heavy atom. The number of methoxy groups -OCH3 is 1. The van der Waals surface area contributed by atoms with E-state index in [9.17, 15) is 0 Å². The molecular weight excluding hydrogens is 290 g/mol. The number of ether oxygens (including phenoxy) is 1. The molecule has 1 fully saturated rings. The monoisotopic (exact) mass is 311 g/mol. The molecule has 1 aliphatic heterocycles. The highest BCUT2D eigenvalue weighted by Crippen LogP contribution is 2.42. The molecule has 2 nitrogen and oxygen atoms in total. The molecular formula is C15H22BrNO. The molecule has 1 heterocycles. The Morgan fingerprint density at radius 1 is 1.06 bits per heavy atom. The Bertz CT molecular complexity index is 451. The number of benzene rings is 1. The van der Waals surface area contributed by atoms with Crippen LogP contribution in [0.1, 0.15) is 41.0 Å². The molecule has 0 aromatic heterocycles. The Morgan fingerprint density at radius 3 is 2.22 bits per heavy atom. The number of rotatable bonds is 2. The maximum atomic E-state index is 5.70. The molecule has 0 amide bonds. The lowest BCUT2D eigenvalue weighted by Crippen LogP contribution is -2.27. The van der Waals surface area contributed by atoms with Gasteiger partial charge in [-0.15, -0.1) is 0 Å². The summed E-state index contributed by atoms with van der Waals surface area (Å²) in [6, 6.07) is 0. The summed E-state index contributed by atoms with van der Waals surface area (Å²) in [5, 5.41) is 3.43. The predicted octanol–water partition coefficient (Wildman–Crippen LogP) is 3.85. The average Bonchev–Trinajstić information content (AvgIpc) is 2.41. The lowest BCUT2D eigenvalue weighted by atomic mass is 9.84. The molecule has 0 spiro atoms. The van der Waals surface area contributed by atoms with Gasteiger partial charge in [0.2, 0.25) is 0 Å². The van der Waals surface area contributed by atoms with Gasteiger partial charge in [-0.05, 0) is 69.3 Å². The standard InChI is InChI=1S/C15H22BrNO/c1-9-10(2)15(18-4)13(11(3)14(9)16)12-5-7-17-8-6-12/h12,17H,5-8H2,1-4H3. The SMILES string of the molecule is COc1c(C)c(C)c(Br)c(C)c1C1CCNCC1. The molecule has 0 unspecified atom stereocenters. The highest BCUT2D eigenvalue weighted by atomic mass is 79.9. The van der Waals surface area contributed by atoms with E-state index in [1.165, 1.54) is 39.6 Å². The van der Waals surface area contributed by atoms with Gasteiger partial charge in [0, 0.05) is 10.0 Å². The van der Waals surface area contributed by atoms with Gasteiger partial charge >= 0.3 is 0 Å². The van der Waals surface area contributed by atoms with Crippen LogP contribution in [0.3, 0.4) is 0 Å². The number of hydrogen-bond acceptors (Lipinski definition) is 2. The van der Waals surface area contributed by atoms with E-state index in [1.54, 1.807) is 7.11 Å². The summed E-state index contributed by atoms with van der Waals surface area (Å²) in [5.74, 6) is 1.72. The first-order chi connectivity index (χ1) is 8.57. The van der Waals surface area contributed by atoms with Gasteiger partial charge in [0.25, 0.3) is 0 Å². The van der Waals surface area contributed by atoms with E-state index in [-0.39, 0.29) is 0 Å². The molecule has 0 saturated carbocycles. The average molecular weight is 312 g/mol. The Hall–Kier alpha value is -0.540. The van der Waals surface area contributed by atoms with Crippen LogP contribution in [0.15, 0.2) is 4.47 Å². The smallest absolute Gasteiger partial charge is 0.125 e. The van der Waals surface area contributed by atoms with Gasteiger partial charge in [0.05, 0.1) is 7.11 Å². The van der Waals surface area contributed by atoms with Crippen LogP contribution in [0.25, 0.3) is 0 Å². The molecule has 1 aromatic carbocycles. The summed E-state index contributed by atoms with van der Waals surface area (Å²) in [6.45, 7) is 8.73. The van der Waals surface area contributed by atoms with Gasteiger partial charge < -0.3 is 10.1 Å². The maximum Gasteiger partial charge on any atom is 0.125 e. The van der Waals surface area contributed by atoms with Crippen LogP contribution in [0.4, 0.5) is 0 Å². The first-order valence-electron chi connectivity index (χ1n) is 6.61. The summed E-state index contributed by atoms with van der Waals surface area (Å²) in [6.07, 6.45) is 2.40. The minimum atomic E-state index is 0.622. The van der Waals surface area contributed by atoms with Gasteiger partial charge in [0.15, 0.2) is 0 Å². The van der Waals surface area contributed by atoms with Crippen molar-refractivity contribution in [3.05, 3.63) is 26.7 Å². The Balaban J connectivity index is 2.56. The topological polar surface area (TPSA) is 21.3 Å². The second kappa shape index (κ2) is 5.62. The van der Waals surface area contributed by atoms with Crippen molar-refractivity contribution in [2.45, 2.75) is 39.5 Å². The molecule has 0 radical (unpaired) electrons. The van der Waals surface area contributed by atoms with E-state index in [2.05, 4.69) is 42.0 Å². The van der Waals surface area contributed by atoms with Crippen LogP contribution >= 0.6 is 15.9 Å². The zero-order valence-corrected chi connectivity index (χ0v) is 13.3. The lowest BCUT2D eigenvalue weighted by molar-refractivity contribution is 0.387. The Labute approximate surface area is 118 Å². The summed E-state index contributed by atoms with van der Waals surface area (Å²) < 4.78 is 6.95. The van der Waals surface area contributed by atoms with E-state index in [4.69, 9.17) is 4.74 Å². The maximum absolute atomic E-state index is 5.70. The minimum Gasteiger partial charge on any atom is -0.496 e. The molecule has 1 saturated heterocycles. The highest BCUT2D eigenvalue weighted by molar-refractivity contribution is 9.10. The van der Waals surface area contributed by atoms with Crippen LogP contribution in [0.2, 0.25) is 0 Å². The Kier molecular flexibility index (Phi) is 4.33. The van der Waals surface area contributed by atoms with E-state index in [0.29, 0.717) is 5.92 Å². The third-order valence-electron chi connectivity index (χ3n) is 4.16. The molecule has 100 valence electrons. The van der Waals surface area contributed by atoms with Crippen molar-refractivity contribution in [1.29, 1.82) is 0 Å². The molecule has 0 bridgehead atoms. The number of nitrogens with one attached hydrogen (secondary N) is 1. The molecule has 18 heavy (non-hydrogen) atoms. The van der Waals surface area contributed by atoms with Gasteiger partial charge in [-0.3, -0.25) is 0 Å². The van der Waals surface area contributed by atoms with Crippen molar-refractivity contribution < 1.29 is 4.74 Å². The largest absolute Gasteiger partial charge is 0.496 e. The van der Waals surface area contributed by atoms with Crippen molar-refractivity contribution in [2.24, 2.45) is 0 Å². The number of piperidine rings is 1.